The molecule has 4 heteroatoms. The maximum absolute atomic E-state index is 12.5. The largest absolute Gasteiger partial charge is 0.462 e. The molecule has 126 valence electrons. The number of rotatable bonds is 6. The first-order valence-corrected chi connectivity index (χ1v) is 8.64. The van der Waals surface area contributed by atoms with Gasteiger partial charge in [0.05, 0.1) is 17.7 Å². The van der Waals surface area contributed by atoms with Crippen LogP contribution in [0.25, 0.3) is 0 Å². The summed E-state index contributed by atoms with van der Waals surface area (Å²) in [5.41, 5.74) is 0.587. The summed E-state index contributed by atoms with van der Waals surface area (Å²) in [6.45, 7) is 4.41. The maximum Gasteiger partial charge on any atom is 0.339 e. The van der Waals surface area contributed by atoms with E-state index in [4.69, 9.17) is 9.47 Å². The Labute approximate surface area is 138 Å². The van der Waals surface area contributed by atoms with Crippen molar-refractivity contribution in [3.8, 4) is 0 Å². The molecule has 0 aliphatic heterocycles. The highest BCUT2D eigenvalue weighted by Crippen LogP contribution is 2.30. The molecular formula is C19H26O4. The van der Waals surface area contributed by atoms with Gasteiger partial charge in [0, 0.05) is 0 Å². The van der Waals surface area contributed by atoms with Crippen molar-refractivity contribution in [2.45, 2.75) is 58.5 Å². The molecule has 23 heavy (non-hydrogen) atoms. The molecule has 2 unspecified atom stereocenters. The molecule has 0 radical (unpaired) electrons. The minimum absolute atomic E-state index is 0.0408. The van der Waals surface area contributed by atoms with Crippen LogP contribution in [-0.2, 0) is 9.47 Å². The highest BCUT2D eigenvalue weighted by molar-refractivity contribution is 6.03. The fourth-order valence-corrected chi connectivity index (χ4v) is 3.11. The van der Waals surface area contributed by atoms with Crippen LogP contribution in [0.5, 0.6) is 0 Å². The molecule has 0 bridgehead atoms. The number of carbonyl (C=O) groups excluding carboxylic acids is 2. The second kappa shape index (κ2) is 8.70. The van der Waals surface area contributed by atoms with Gasteiger partial charge in [-0.15, -0.1) is 0 Å². The standard InChI is InChI=1S/C19H26O4/c1-3-13-22-18(20)15-10-6-7-11-16(15)19(21)23-17-12-8-5-9-14(17)4-2/h6-7,10-11,14,17H,3-5,8-9,12-13H2,1-2H3. The summed E-state index contributed by atoms with van der Waals surface area (Å²) in [5.74, 6) is -0.457. The van der Waals surface area contributed by atoms with E-state index in [1.165, 1.54) is 6.42 Å². The number of hydrogen-bond acceptors (Lipinski definition) is 4. The predicted octanol–water partition coefficient (Wildman–Crippen LogP) is 4.38. The van der Waals surface area contributed by atoms with Crippen LogP contribution in [0.1, 0.15) is 73.1 Å². The van der Waals surface area contributed by atoms with Gasteiger partial charge in [-0.1, -0.05) is 32.4 Å². The Morgan fingerprint density at radius 3 is 2.35 bits per heavy atom. The molecule has 0 spiro atoms. The summed E-state index contributed by atoms with van der Waals surface area (Å²) in [7, 11) is 0. The van der Waals surface area contributed by atoms with Crippen molar-refractivity contribution in [2.75, 3.05) is 6.61 Å². The Bertz CT molecular complexity index is 538. The molecule has 1 aliphatic rings. The summed E-state index contributed by atoms with van der Waals surface area (Å²) < 4.78 is 10.9. The summed E-state index contributed by atoms with van der Waals surface area (Å²) in [6, 6.07) is 6.72. The van der Waals surface area contributed by atoms with Crippen LogP contribution < -0.4 is 0 Å². The van der Waals surface area contributed by atoms with Crippen LogP contribution >= 0.6 is 0 Å². The Balaban J connectivity index is 2.11. The van der Waals surface area contributed by atoms with Crippen molar-refractivity contribution in [3.05, 3.63) is 35.4 Å². The van der Waals surface area contributed by atoms with Crippen molar-refractivity contribution in [2.24, 2.45) is 5.92 Å². The van der Waals surface area contributed by atoms with Gasteiger partial charge in [-0.2, -0.15) is 0 Å². The van der Waals surface area contributed by atoms with E-state index < -0.39 is 11.9 Å². The zero-order chi connectivity index (χ0) is 16.7. The number of esters is 2. The molecule has 0 N–H and O–H groups in total. The van der Waals surface area contributed by atoms with Crippen molar-refractivity contribution in [3.63, 3.8) is 0 Å². The van der Waals surface area contributed by atoms with Crippen LogP contribution in [-0.4, -0.2) is 24.6 Å². The van der Waals surface area contributed by atoms with Crippen molar-refractivity contribution < 1.29 is 19.1 Å². The monoisotopic (exact) mass is 318 g/mol. The first kappa shape index (κ1) is 17.5. The fraction of sp³-hybridized carbons (Fsp3) is 0.579. The van der Waals surface area contributed by atoms with Crippen LogP contribution in [0.2, 0.25) is 0 Å². The lowest BCUT2D eigenvalue weighted by atomic mass is 9.85. The van der Waals surface area contributed by atoms with Gasteiger partial charge in [0.2, 0.25) is 0 Å². The van der Waals surface area contributed by atoms with Gasteiger partial charge in [-0.25, -0.2) is 9.59 Å². The van der Waals surface area contributed by atoms with Gasteiger partial charge < -0.3 is 9.47 Å². The van der Waals surface area contributed by atoms with E-state index in [-0.39, 0.29) is 11.7 Å². The normalized spacial score (nSPS) is 20.8. The highest BCUT2D eigenvalue weighted by atomic mass is 16.5. The molecule has 2 rings (SSSR count). The van der Waals surface area contributed by atoms with Gasteiger partial charge in [0.15, 0.2) is 0 Å². The van der Waals surface area contributed by atoms with Crippen LogP contribution in [0.15, 0.2) is 24.3 Å². The summed E-state index contributed by atoms with van der Waals surface area (Å²) in [6.07, 6.45) is 6.03. The molecule has 1 saturated carbocycles. The first-order chi connectivity index (χ1) is 11.2. The Hall–Kier alpha value is -1.84. The topological polar surface area (TPSA) is 52.6 Å². The molecule has 0 aromatic heterocycles. The molecule has 4 nitrogen and oxygen atoms in total. The minimum Gasteiger partial charge on any atom is -0.462 e. The molecule has 0 heterocycles. The van der Waals surface area contributed by atoms with E-state index in [9.17, 15) is 9.59 Å². The molecule has 1 aromatic carbocycles. The van der Waals surface area contributed by atoms with Crippen molar-refractivity contribution in [1.29, 1.82) is 0 Å². The lowest BCUT2D eigenvalue weighted by Gasteiger charge is -2.30. The molecule has 0 amide bonds. The SMILES string of the molecule is CCCOC(=O)c1ccccc1C(=O)OC1CCCCC1CC. The second-order valence-corrected chi connectivity index (χ2v) is 6.08. The Morgan fingerprint density at radius 2 is 1.70 bits per heavy atom. The third kappa shape index (κ3) is 4.57. The smallest absolute Gasteiger partial charge is 0.339 e. The molecule has 1 fully saturated rings. The zero-order valence-corrected chi connectivity index (χ0v) is 14.0. The third-order valence-electron chi connectivity index (χ3n) is 4.43. The quantitative estimate of drug-likeness (QED) is 0.730. The second-order valence-electron chi connectivity index (χ2n) is 6.08. The van der Waals surface area contributed by atoms with Crippen molar-refractivity contribution >= 4 is 11.9 Å². The van der Waals surface area contributed by atoms with E-state index >= 15 is 0 Å². The Kier molecular flexibility index (Phi) is 6.63. The zero-order valence-electron chi connectivity index (χ0n) is 14.0. The predicted molar refractivity (Wildman–Crippen MR) is 88.5 cm³/mol. The summed E-state index contributed by atoms with van der Waals surface area (Å²) >= 11 is 0. The van der Waals surface area contributed by atoms with E-state index in [2.05, 4.69) is 6.92 Å². The lowest BCUT2D eigenvalue weighted by Crippen LogP contribution is -2.30. The van der Waals surface area contributed by atoms with E-state index in [1.807, 2.05) is 6.92 Å². The fourth-order valence-electron chi connectivity index (χ4n) is 3.11. The first-order valence-electron chi connectivity index (χ1n) is 8.64. The number of ether oxygens (including phenoxy) is 2. The average molecular weight is 318 g/mol. The number of benzene rings is 1. The van der Waals surface area contributed by atoms with Crippen molar-refractivity contribution in [1.82, 2.24) is 0 Å². The van der Waals surface area contributed by atoms with E-state index in [1.54, 1.807) is 24.3 Å². The Morgan fingerprint density at radius 1 is 1.04 bits per heavy atom. The van der Waals surface area contributed by atoms with Gasteiger partial charge in [-0.05, 0) is 50.2 Å². The minimum atomic E-state index is -0.463. The van der Waals surface area contributed by atoms with E-state index in [0.29, 0.717) is 18.1 Å². The third-order valence-corrected chi connectivity index (χ3v) is 4.43. The summed E-state index contributed by atoms with van der Waals surface area (Å²) in [4.78, 5) is 24.7. The van der Waals surface area contributed by atoms with Crippen LogP contribution in [0.3, 0.4) is 0 Å². The van der Waals surface area contributed by atoms with Crippen LogP contribution in [0, 0.1) is 5.92 Å². The van der Waals surface area contributed by atoms with Gasteiger partial charge >= 0.3 is 11.9 Å². The lowest BCUT2D eigenvalue weighted by molar-refractivity contribution is 0.000320. The average Bonchev–Trinajstić information content (AvgIpc) is 2.60. The van der Waals surface area contributed by atoms with E-state index in [0.717, 1.165) is 32.1 Å². The number of hydrogen-bond donors (Lipinski definition) is 0. The molecular weight excluding hydrogens is 292 g/mol. The summed E-state index contributed by atoms with van der Waals surface area (Å²) in [5, 5.41) is 0. The maximum atomic E-state index is 12.5. The number of carbonyl (C=O) groups is 2. The molecule has 2 atom stereocenters. The molecule has 1 aliphatic carbocycles. The highest BCUT2D eigenvalue weighted by Gasteiger charge is 2.28. The van der Waals surface area contributed by atoms with Crippen LogP contribution in [0.4, 0.5) is 0 Å². The van der Waals surface area contributed by atoms with Gasteiger partial charge in [0.25, 0.3) is 0 Å². The molecule has 1 aromatic rings. The van der Waals surface area contributed by atoms with Gasteiger partial charge in [0.1, 0.15) is 6.10 Å². The molecule has 0 saturated heterocycles. The van der Waals surface area contributed by atoms with Gasteiger partial charge in [-0.3, -0.25) is 0 Å².